The summed E-state index contributed by atoms with van der Waals surface area (Å²) in [6.45, 7) is 4.37. The van der Waals surface area contributed by atoms with E-state index in [1.54, 1.807) is 0 Å². The molecule has 0 radical (unpaired) electrons. The molecule has 2 aromatic carbocycles. The summed E-state index contributed by atoms with van der Waals surface area (Å²) >= 11 is 0. The fourth-order valence-corrected chi connectivity index (χ4v) is 4.32. The number of hydrogen-bond donors (Lipinski definition) is 3. The van der Waals surface area contributed by atoms with Gasteiger partial charge in [0.25, 0.3) is 0 Å². The molecule has 2 atom stereocenters. The molecule has 5 heteroatoms. The highest BCUT2D eigenvalue weighted by Gasteiger charge is 2.38. The van der Waals surface area contributed by atoms with Gasteiger partial charge < -0.3 is 15.7 Å². The quantitative estimate of drug-likeness (QED) is 0.608. The van der Waals surface area contributed by atoms with Crippen LogP contribution in [0.5, 0.6) is 0 Å². The molecule has 0 amide bonds. The number of carboxylic acid groups (broad SMARTS) is 1. The van der Waals surface area contributed by atoms with Crippen LogP contribution in [-0.2, 0) is 11.3 Å². The second-order valence-corrected chi connectivity index (χ2v) is 8.43. The van der Waals surface area contributed by atoms with Gasteiger partial charge in [-0.1, -0.05) is 42.5 Å². The van der Waals surface area contributed by atoms with E-state index in [0.29, 0.717) is 12.0 Å². The number of likely N-dealkylation sites (tertiary alicyclic amines) is 1. The second-order valence-electron chi connectivity index (χ2n) is 8.43. The Labute approximate surface area is 173 Å². The summed E-state index contributed by atoms with van der Waals surface area (Å²) in [5, 5.41) is 15.4. The zero-order chi connectivity index (χ0) is 20.1. The van der Waals surface area contributed by atoms with E-state index in [0.717, 1.165) is 37.8 Å². The Balaban J connectivity index is 1.14. The van der Waals surface area contributed by atoms with E-state index in [1.807, 2.05) is 12.1 Å². The van der Waals surface area contributed by atoms with Crippen LogP contribution in [0.1, 0.15) is 36.3 Å². The van der Waals surface area contributed by atoms with Gasteiger partial charge in [-0.25, -0.2) is 0 Å². The molecular formula is C24H31N3O2. The van der Waals surface area contributed by atoms with Gasteiger partial charge >= 0.3 is 5.97 Å². The highest BCUT2D eigenvalue weighted by atomic mass is 16.4. The Bertz CT molecular complexity index is 786. The van der Waals surface area contributed by atoms with Crippen LogP contribution in [0.25, 0.3) is 0 Å². The van der Waals surface area contributed by atoms with Crippen LogP contribution in [-0.4, -0.2) is 48.2 Å². The Morgan fingerprint density at radius 3 is 2.45 bits per heavy atom. The van der Waals surface area contributed by atoms with E-state index in [9.17, 15) is 4.79 Å². The van der Waals surface area contributed by atoms with Gasteiger partial charge in [-0.3, -0.25) is 9.69 Å². The lowest BCUT2D eigenvalue weighted by Gasteiger charge is -2.32. The number of anilines is 1. The van der Waals surface area contributed by atoms with Crippen molar-refractivity contribution in [2.45, 2.75) is 37.8 Å². The predicted octanol–water partition coefficient (Wildman–Crippen LogP) is 3.54. The first-order valence-electron chi connectivity index (χ1n) is 10.7. The van der Waals surface area contributed by atoms with E-state index < -0.39 is 5.97 Å². The van der Waals surface area contributed by atoms with Crippen molar-refractivity contribution in [2.75, 3.05) is 31.5 Å². The fourth-order valence-electron chi connectivity index (χ4n) is 4.32. The van der Waals surface area contributed by atoms with Crippen LogP contribution in [0.4, 0.5) is 5.69 Å². The first kappa shape index (κ1) is 19.9. The van der Waals surface area contributed by atoms with Crippen LogP contribution in [0.15, 0.2) is 54.6 Å². The van der Waals surface area contributed by atoms with Crippen LogP contribution >= 0.6 is 0 Å². The van der Waals surface area contributed by atoms with Crippen LogP contribution in [0, 0.1) is 5.92 Å². The van der Waals surface area contributed by atoms with Crippen molar-refractivity contribution in [3.05, 3.63) is 65.7 Å². The number of rotatable bonds is 9. The minimum absolute atomic E-state index is 0.0478. The second kappa shape index (κ2) is 9.42. The number of aliphatic carboxylic acids is 1. The summed E-state index contributed by atoms with van der Waals surface area (Å²) in [6, 6.07) is 19.7. The number of hydrogen-bond acceptors (Lipinski definition) is 4. The molecule has 0 spiro atoms. The molecule has 0 unspecified atom stereocenters. The molecule has 5 nitrogen and oxygen atoms in total. The number of carboxylic acids is 1. The fraction of sp³-hybridized carbons (Fsp3) is 0.458. The lowest BCUT2D eigenvalue weighted by atomic mass is 9.96. The van der Waals surface area contributed by atoms with Crippen molar-refractivity contribution in [3.63, 3.8) is 0 Å². The number of nitrogens with one attached hydrogen (secondary N) is 2. The van der Waals surface area contributed by atoms with E-state index in [2.05, 4.69) is 58.0 Å². The minimum Gasteiger partial charge on any atom is -0.480 e. The first-order valence-corrected chi connectivity index (χ1v) is 10.7. The smallest absolute Gasteiger partial charge is 0.322 e. The molecule has 4 rings (SSSR count). The van der Waals surface area contributed by atoms with Crippen molar-refractivity contribution in [3.8, 4) is 0 Å². The summed E-state index contributed by atoms with van der Waals surface area (Å²) in [5.41, 5.74) is 3.62. The third kappa shape index (κ3) is 5.81. The van der Waals surface area contributed by atoms with Gasteiger partial charge in [-0.2, -0.15) is 0 Å². The van der Waals surface area contributed by atoms with Crippen LogP contribution in [0.3, 0.4) is 0 Å². The molecule has 0 aromatic heterocycles. The van der Waals surface area contributed by atoms with Gasteiger partial charge in [0.1, 0.15) is 6.54 Å². The third-order valence-corrected chi connectivity index (χ3v) is 6.20. The molecule has 1 saturated heterocycles. The summed E-state index contributed by atoms with van der Waals surface area (Å²) < 4.78 is 0. The molecule has 2 aliphatic rings. The molecule has 3 N–H and O–H groups in total. The van der Waals surface area contributed by atoms with E-state index in [4.69, 9.17) is 5.11 Å². The Kier molecular flexibility index (Phi) is 6.47. The summed E-state index contributed by atoms with van der Waals surface area (Å²) in [4.78, 5) is 13.2. The van der Waals surface area contributed by atoms with Gasteiger partial charge in [0.05, 0.1) is 0 Å². The minimum atomic E-state index is -0.844. The molecular weight excluding hydrogens is 362 g/mol. The molecule has 0 bridgehead atoms. The van der Waals surface area contributed by atoms with Crippen molar-refractivity contribution >= 4 is 11.7 Å². The number of piperidine rings is 1. The van der Waals surface area contributed by atoms with Crippen molar-refractivity contribution in [1.82, 2.24) is 10.2 Å². The summed E-state index contributed by atoms with van der Waals surface area (Å²) in [5.74, 6) is 0.652. The maximum Gasteiger partial charge on any atom is 0.322 e. The highest BCUT2D eigenvalue weighted by molar-refractivity contribution is 5.72. The average Bonchev–Trinajstić information content (AvgIpc) is 3.53. The van der Waals surface area contributed by atoms with Crippen molar-refractivity contribution < 1.29 is 9.90 Å². The Morgan fingerprint density at radius 2 is 1.76 bits per heavy atom. The monoisotopic (exact) mass is 393 g/mol. The number of benzene rings is 2. The Morgan fingerprint density at radius 1 is 1.03 bits per heavy atom. The topological polar surface area (TPSA) is 64.6 Å². The van der Waals surface area contributed by atoms with Crippen LogP contribution < -0.4 is 10.6 Å². The number of carbonyl (C=O) groups is 1. The lowest BCUT2D eigenvalue weighted by Crippen LogP contribution is -2.37. The van der Waals surface area contributed by atoms with Crippen molar-refractivity contribution in [1.29, 1.82) is 0 Å². The largest absolute Gasteiger partial charge is 0.480 e. The maximum atomic E-state index is 10.6. The Hall–Kier alpha value is -2.37. The summed E-state index contributed by atoms with van der Waals surface area (Å²) in [6.07, 6.45) is 3.79. The van der Waals surface area contributed by atoms with E-state index >= 15 is 0 Å². The molecule has 1 aliphatic heterocycles. The molecule has 154 valence electrons. The van der Waals surface area contributed by atoms with Gasteiger partial charge in [-0.15, -0.1) is 0 Å². The average molecular weight is 394 g/mol. The zero-order valence-electron chi connectivity index (χ0n) is 16.9. The molecule has 29 heavy (non-hydrogen) atoms. The van der Waals surface area contributed by atoms with Gasteiger partial charge in [0.2, 0.25) is 0 Å². The van der Waals surface area contributed by atoms with E-state index in [-0.39, 0.29) is 6.54 Å². The normalized spacial score (nSPS) is 22.3. The van der Waals surface area contributed by atoms with E-state index in [1.165, 1.54) is 30.4 Å². The van der Waals surface area contributed by atoms with Gasteiger partial charge in [0, 0.05) is 24.2 Å². The summed E-state index contributed by atoms with van der Waals surface area (Å²) in [7, 11) is 0. The third-order valence-electron chi connectivity index (χ3n) is 6.20. The molecule has 1 aliphatic carbocycles. The molecule has 1 heterocycles. The highest BCUT2D eigenvalue weighted by Crippen LogP contribution is 2.40. The van der Waals surface area contributed by atoms with Crippen LogP contribution in [0.2, 0.25) is 0 Å². The van der Waals surface area contributed by atoms with Crippen molar-refractivity contribution in [2.24, 2.45) is 5.92 Å². The zero-order valence-corrected chi connectivity index (χ0v) is 16.9. The number of nitrogens with zero attached hydrogens (tertiary/aromatic N) is 1. The molecule has 1 saturated carbocycles. The maximum absolute atomic E-state index is 10.6. The SMILES string of the molecule is O=C(O)CNc1ccc(CN2CCC(CN[C@@H]3C[C@H]3c3ccccc3)CC2)cc1. The standard InChI is InChI=1S/C24H31N3O2/c28-24(29)16-25-21-8-6-19(7-9-21)17-27-12-10-18(11-13-27)15-26-23-14-22(23)20-4-2-1-3-5-20/h1-9,18,22-23,25-26H,10-17H2,(H,28,29)/t22-,23+/m0/s1. The first-order chi connectivity index (χ1) is 14.2. The van der Waals surface area contributed by atoms with Gasteiger partial charge in [0.15, 0.2) is 0 Å². The predicted molar refractivity (Wildman–Crippen MR) is 116 cm³/mol. The molecule has 2 aromatic rings. The van der Waals surface area contributed by atoms with Gasteiger partial charge in [-0.05, 0) is 68.1 Å². The lowest BCUT2D eigenvalue weighted by molar-refractivity contribution is -0.134. The molecule has 2 fully saturated rings.